The average molecular weight is 290 g/mol. The number of carbonyl (C=O) groups is 2. The summed E-state index contributed by atoms with van der Waals surface area (Å²) < 4.78 is 0. The van der Waals surface area contributed by atoms with E-state index in [2.05, 4.69) is 5.32 Å². The summed E-state index contributed by atoms with van der Waals surface area (Å²) in [6.07, 6.45) is 3.93. The Morgan fingerprint density at radius 1 is 1.37 bits per heavy atom. The Morgan fingerprint density at radius 3 is 2.47 bits per heavy atom. The zero-order chi connectivity index (χ0) is 13.3. The predicted molar refractivity (Wildman–Crippen MR) is 76.0 cm³/mol. The van der Waals surface area contributed by atoms with E-state index >= 15 is 0 Å². The number of rotatable bonds is 4. The van der Waals surface area contributed by atoms with Crippen molar-refractivity contribution in [3.8, 4) is 0 Å². The van der Waals surface area contributed by atoms with Crippen LogP contribution < -0.4 is 11.1 Å². The second-order valence-corrected chi connectivity index (χ2v) is 5.76. The van der Waals surface area contributed by atoms with Gasteiger partial charge < -0.3 is 16.0 Å². The van der Waals surface area contributed by atoms with Crippen molar-refractivity contribution in [2.45, 2.75) is 51.1 Å². The molecule has 2 aliphatic rings. The van der Waals surface area contributed by atoms with E-state index in [1.807, 2.05) is 6.92 Å². The Morgan fingerprint density at radius 2 is 2.00 bits per heavy atom. The normalized spacial score (nSPS) is 25.4. The molecule has 2 amide bonds. The molecule has 1 heterocycles. The summed E-state index contributed by atoms with van der Waals surface area (Å²) >= 11 is 0. The van der Waals surface area contributed by atoms with Crippen LogP contribution in [0.5, 0.6) is 0 Å². The highest BCUT2D eigenvalue weighted by Gasteiger charge is 2.43. The Kier molecular flexibility index (Phi) is 5.21. The number of nitrogens with one attached hydrogen (secondary N) is 1. The molecule has 0 spiro atoms. The van der Waals surface area contributed by atoms with Crippen LogP contribution in [0, 0.1) is 5.92 Å². The van der Waals surface area contributed by atoms with E-state index in [1.54, 1.807) is 4.90 Å². The van der Waals surface area contributed by atoms with Crippen molar-refractivity contribution in [3.63, 3.8) is 0 Å². The van der Waals surface area contributed by atoms with Crippen molar-refractivity contribution < 1.29 is 9.59 Å². The third-order valence-electron chi connectivity index (χ3n) is 4.27. The van der Waals surface area contributed by atoms with Gasteiger partial charge in [0, 0.05) is 20.0 Å². The summed E-state index contributed by atoms with van der Waals surface area (Å²) in [6.45, 7) is 4.68. The van der Waals surface area contributed by atoms with Crippen LogP contribution in [-0.4, -0.2) is 41.4 Å². The second-order valence-electron chi connectivity index (χ2n) is 5.76. The van der Waals surface area contributed by atoms with Gasteiger partial charge in [0.15, 0.2) is 0 Å². The van der Waals surface area contributed by atoms with Gasteiger partial charge in [0.25, 0.3) is 0 Å². The molecule has 6 heteroatoms. The Hall–Kier alpha value is -0.810. The Balaban J connectivity index is 0.00000180. The molecule has 0 aromatic rings. The molecule has 110 valence electrons. The number of amides is 2. The molecule has 1 saturated carbocycles. The summed E-state index contributed by atoms with van der Waals surface area (Å²) in [6, 6.07) is -0.299. The fourth-order valence-corrected chi connectivity index (χ4v) is 2.82. The van der Waals surface area contributed by atoms with Gasteiger partial charge in [-0.15, -0.1) is 12.4 Å². The highest BCUT2D eigenvalue weighted by Crippen LogP contribution is 2.39. The van der Waals surface area contributed by atoms with Crippen LogP contribution in [-0.2, 0) is 9.59 Å². The number of likely N-dealkylation sites (tertiary alicyclic amines) is 1. The molecule has 2 fully saturated rings. The van der Waals surface area contributed by atoms with E-state index in [-0.39, 0.29) is 35.8 Å². The largest absolute Gasteiger partial charge is 0.348 e. The molecule has 3 N–H and O–H groups in total. The van der Waals surface area contributed by atoms with E-state index < -0.39 is 0 Å². The molecule has 2 unspecified atom stereocenters. The van der Waals surface area contributed by atoms with Crippen LogP contribution in [0.3, 0.4) is 0 Å². The summed E-state index contributed by atoms with van der Waals surface area (Å²) in [4.78, 5) is 25.4. The third-order valence-corrected chi connectivity index (χ3v) is 4.27. The fraction of sp³-hybridized carbons (Fsp3) is 0.846. The monoisotopic (exact) mass is 289 g/mol. The van der Waals surface area contributed by atoms with E-state index in [4.69, 9.17) is 5.73 Å². The van der Waals surface area contributed by atoms with Gasteiger partial charge in [-0.2, -0.15) is 0 Å². The summed E-state index contributed by atoms with van der Waals surface area (Å²) in [7, 11) is 0. The Labute approximate surface area is 120 Å². The molecule has 0 bridgehead atoms. The van der Waals surface area contributed by atoms with E-state index in [0.29, 0.717) is 19.0 Å². The van der Waals surface area contributed by atoms with Gasteiger partial charge in [-0.25, -0.2) is 0 Å². The molecule has 1 aliphatic heterocycles. The number of nitrogens with two attached hydrogens (primary N) is 1. The minimum Gasteiger partial charge on any atom is -0.348 e. The van der Waals surface area contributed by atoms with E-state index in [1.165, 1.54) is 6.92 Å². The maximum absolute atomic E-state index is 12.3. The lowest BCUT2D eigenvalue weighted by Crippen LogP contribution is -2.57. The standard InChI is InChI=1S/C13H23N3O2.ClH/c1-9(17)16-7-3-4-11(16)12(18)15-13(2,8-14)10-5-6-10;/h10-11H,3-8,14H2,1-2H3,(H,15,18);1H. The molecule has 19 heavy (non-hydrogen) atoms. The average Bonchev–Trinajstić information content (AvgIpc) is 3.06. The van der Waals surface area contributed by atoms with E-state index in [9.17, 15) is 9.59 Å². The smallest absolute Gasteiger partial charge is 0.243 e. The maximum atomic E-state index is 12.3. The maximum Gasteiger partial charge on any atom is 0.243 e. The first-order valence-corrected chi connectivity index (χ1v) is 6.77. The molecule has 1 aliphatic carbocycles. The lowest BCUT2D eigenvalue weighted by atomic mass is 9.95. The lowest BCUT2D eigenvalue weighted by Gasteiger charge is -2.32. The Bertz CT molecular complexity index is 360. The van der Waals surface area contributed by atoms with Gasteiger partial charge >= 0.3 is 0 Å². The molecular weight excluding hydrogens is 266 g/mol. The SMILES string of the molecule is CC(=O)N1CCCC1C(=O)NC(C)(CN)C1CC1.Cl. The van der Waals surface area contributed by atoms with Gasteiger partial charge in [-0.1, -0.05) is 0 Å². The van der Waals surface area contributed by atoms with Crippen molar-refractivity contribution in [1.82, 2.24) is 10.2 Å². The van der Waals surface area contributed by atoms with E-state index in [0.717, 1.165) is 25.7 Å². The fourth-order valence-electron chi connectivity index (χ4n) is 2.82. The summed E-state index contributed by atoms with van der Waals surface area (Å²) in [5, 5.41) is 3.07. The zero-order valence-corrected chi connectivity index (χ0v) is 12.5. The molecule has 1 saturated heterocycles. The molecule has 0 aromatic carbocycles. The van der Waals surface area contributed by atoms with Crippen molar-refractivity contribution in [3.05, 3.63) is 0 Å². The minimum absolute atomic E-state index is 0. The van der Waals surface area contributed by atoms with Crippen LogP contribution >= 0.6 is 12.4 Å². The topological polar surface area (TPSA) is 75.4 Å². The molecule has 0 radical (unpaired) electrons. The van der Waals surface area contributed by atoms with Crippen molar-refractivity contribution in [2.24, 2.45) is 11.7 Å². The summed E-state index contributed by atoms with van der Waals surface area (Å²) in [5.74, 6) is 0.440. The highest BCUT2D eigenvalue weighted by atomic mass is 35.5. The predicted octanol–water partition coefficient (Wildman–Crippen LogP) is 0.663. The van der Waals surface area contributed by atoms with Crippen LogP contribution in [0.25, 0.3) is 0 Å². The first-order valence-electron chi connectivity index (χ1n) is 6.77. The molecular formula is C13H24ClN3O2. The third kappa shape index (κ3) is 3.39. The van der Waals surface area contributed by atoms with Gasteiger partial charge in [-0.3, -0.25) is 9.59 Å². The molecule has 0 aromatic heterocycles. The van der Waals surface area contributed by atoms with Gasteiger partial charge in [-0.05, 0) is 38.5 Å². The number of nitrogens with zero attached hydrogens (tertiary/aromatic N) is 1. The van der Waals surface area contributed by atoms with Crippen LogP contribution in [0.4, 0.5) is 0 Å². The molecule has 5 nitrogen and oxygen atoms in total. The van der Waals surface area contributed by atoms with Gasteiger partial charge in [0.2, 0.25) is 11.8 Å². The number of halogens is 1. The zero-order valence-electron chi connectivity index (χ0n) is 11.6. The number of hydrogen-bond acceptors (Lipinski definition) is 3. The van der Waals surface area contributed by atoms with Crippen LogP contribution in [0.1, 0.15) is 39.5 Å². The van der Waals surface area contributed by atoms with Crippen molar-refractivity contribution >= 4 is 24.2 Å². The first kappa shape index (κ1) is 16.2. The van der Waals surface area contributed by atoms with Crippen molar-refractivity contribution in [1.29, 1.82) is 0 Å². The summed E-state index contributed by atoms with van der Waals surface area (Å²) in [5.41, 5.74) is 5.49. The molecule has 2 rings (SSSR count). The number of hydrogen-bond donors (Lipinski definition) is 2. The van der Waals surface area contributed by atoms with Crippen LogP contribution in [0.2, 0.25) is 0 Å². The number of carbonyl (C=O) groups excluding carboxylic acids is 2. The highest BCUT2D eigenvalue weighted by molar-refractivity contribution is 5.88. The first-order chi connectivity index (χ1) is 8.48. The lowest BCUT2D eigenvalue weighted by molar-refractivity contribution is -0.137. The minimum atomic E-state index is -0.303. The van der Waals surface area contributed by atoms with Gasteiger partial charge in [0.05, 0.1) is 5.54 Å². The van der Waals surface area contributed by atoms with Crippen molar-refractivity contribution in [2.75, 3.05) is 13.1 Å². The second kappa shape index (κ2) is 6.09. The molecule has 2 atom stereocenters. The quantitative estimate of drug-likeness (QED) is 0.798. The van der Waals surface area contributed by atoms with Crippen LogP contribution in [0.15, 0.2) is 0 Å². The van der Waals surface area contributed by atoms with Gasteiger partial charge in [0.1, 0.15) is 6.04 Å².